The van der Waals surface area contributed by atoms with Gasteiger partial charge in [-0.2, -0.15) is 5.10 Å². The SMILES string of the molecule is COc1cc(NCC2CCN(c3ccnc(-c4cccc(-n5cccn5)c4)n3)CC2)cc(OCc2ccc(F)cc2)c1. The summed E-state index contributed by atoms with van der Waals surface area (Å²) in [6.07, 6.45) is 7.64. The van der Waals surface area contributed by atoms with Crippen molar-refractivity contribution in [2.75, 3.05) is 37.0 Å². The zero-order valence-corrected chi connectivity index (χ0v) is 23.5. The third-order valence-electron chi connectivity index (χ3n) is 7.48. The van der Waals surface area contributed by atoms with E-state index in [4.69, 9.17) is 14.5 Å². The maximum atomic E-state index is 13.2. The fraction of sp³-hybridized carbons (Fsp3) is 0.242. The van der Waals surface area contributed by atoms with E-state index in [9.17, 15) is 4.39 Å². The van der Waals surface area contributed by atoms with Crippen LogP contribution in [0.2, 0.25) is 0 Å². The number of anilines is 2. The highest BCUT2D eigenvalue weighted by molar-refractivity contribution is 5.60. The summed E-state index contributed by atoms with van der Waals surface area (Å²) in [5, 5.41) is 7.90. The van der Waals surface area contributed by atoms with Gasteiger partial charge in [-0.05, 0) is 60.7 Å². The van der Waals surface area contributed by atoms with Crippen LogP contribution in [0.25, 0.3) is 17.1 Å². The van der Waals surface area contributed by atoms with Crippen molar-refractivity contribution < 1.29 is 13.9 Å². The second kappa shape index (κ2) is 12.7. The lowest BCUT2D eigenvalue weighted by Crippen LogP contribution is -2.36. The molecule has 1 aliphatic rings. The molecule has 1 fully saturated rings. The first-order valence-corrected chi connectivity index (χ1v) is 14.1. The van der Waals surface area contributed by atoms with E-state index in [1.54, 1.807) is 25.4 Å². The van der Waals surface area contributed by atoms with Crippen LogP contribution in [-0.4, -0.2) is 46.5 Å². The molecule has 0 unspecified atom stereocenters. The first kappa shape index (κ1) is 27.3. The molecule has 6 rings (SSSR count). The summed E-state index contributed by atoms with van der Waals surface area (Å²) < 4.78 is 26.5. The van der Waals surface area contributed by atoms with Crippen LogP contribution < -0.4 is 19.7 Å². The first-order valence-electron chi connectivity index (χ1n) is 14.1. The van der Waals surface area contributed by atoms with Crippen LogP contribution in [0.3, 0.4) is 0 Å². The molecule has 5 aromatic rings. The Kier molecular flexibility index (Phi) is 8.26. The van der Waals surface area contributed by atoms with Crippen molar-refractivity contribution in [2.45, 2.75) is 19.4 Å². The number of nitrogens with one attached hydrogen (secondary N) is 1. The monoisotopic (exact) mass is 564 g/mol. The van der Waals surface area contributed by atoms with Gasteiger partial charge in [0.2, 0.25) is 0 Å². The second-order valence-corrected chi connectivity index (χ2v) is 10.4. The van der Waals surface area contributed by atoms with Gasteiger partial charge in [0.15, 0.2) is 5.82 Å². The van der Waals surface area contributed by atoms with Gasteiger partial charge >= 0.3 is 0 Å². The molecule has 0 saturated carbocycles. The van der Waals surface area contributed by atoms with Crippen molar-refractivity contribution in [2.24, 2.45) is 5.92 Å². The molecule has 8 nitrogen and oxygen atoms in total. The zero-order chi connectivity index (χ0) is 28.7. The molecule has 2 aromatic heterocycles. The maximum absolute atomic E-state index is 13.2. The maximum Gasteiger partial charge on any atom is 0.161 e. The number of hydrogen-bond donors (Lipinski definition) is 1. The minimum Gasteiger partial charge on any atom is -0.497 e. The first-order chi connectivity index (χ1) is 20.6. The van der Waals surface area contributed by atoms with Gasteiger partial charge in [-0.1, -0.05) is 24.3 Å². The third-order valence-corrected chi connectivity index (χ3v) is 7.48. The Morgan fingerprint density at radius 2 is 1.76 bits per heavy atom. The molecule has 0 spiro atoms. The largest absolute Gasteiger partial charge is 0.497 e. The average Bonchev–Trinajstić information content (AvgIpc) is 3.59. The second-order valence-electron chi connectivity index (χ2n) is 10.4. The molecule has 214 valence electrons. The topological polar surface area (TPSA) is 77.3 Å². The van der Waals surface area contributed by atoms with Gasteiger partial charge < -0.3 is 19.7 Å². The van der Waals surface area contributed by atoms with Crippen molar-refractivity contribution in [1.82, 2.24) is 19.7 Å². The van der Waals surface area contributed by atoms with Crippen LogP contribution in [0.15, 0.2) is 97.5 Å². The molecule has 1 N–H and O–H groups in total. The summed E-state index contributed by atoms with van der Waals surface area (Å²) in [6, 6.07) is 24.1. The number of methoxy groups -OCH3 is 1. The Labute approximate surface area is 244 Å². The van der Waals surface area contributed by atoms with Gasteiger partial charge in [0.25, 0.3) is 0 Å². The average molecular weight is 565 g/mol. The number of ether oxygens (including phenoxy) is 2. The van der Waals surface area contributed by atoms with E-state index in [1.165, 1.54) is 12.1 Å². The molecular formula is C33H33FN6O2. The number of rotatable bonds is 10. The normalized spacial score (nSPS) is 13.6. The Morgan fingerprint density at radius 3 is 2.55 bits per heavy atom. The highest BCUT2D eigenvalue weighted by Gasteiger charge is 2.21. The number of benzene rings is 3. The molecule has 42 heavy (non-hydrogen) atoms. The van der Waals surface area contributed by atoms with E-state index in [2.05, 4.69) is 26.4 Å². The summed E-state index contributed by atoms with van der Waals surface area (Å²) >= 11 is 0. The van der Waals surface area contributed by atoms with Gasteiger partial charge in [-0.25, -0.2) is 19.0 Å². The van der Waals surface area contributed by atoms with Gasteiger partial charge in [0.1, 0.15) is 29.7 Å². The van der Waals surface area contributed by atoms with Crippen LogP contribution in [0.1, 0.15) is 18.4 Å². The summed E-state index contributed by atoms with van der Waals surface area (Å²) in [5.74, 6) is 3.35. The molecular weight excluding hydrogens is 531 g/mol. The van der Waals surface area contributed by atoms with Crippen molar-refractivity contribution in [3.05, 3.63) is 109 Å². The smallest absolute Gasteiger partial charge is 0.161 e. The van der Waals surface area contributed by atoms with E-state index >= 15 is 0 Å². The van der Waals surface area contributed by atoms with E-state index in [1.807, 2.05) is 65.6 Å². The van der Waals surface area contributed by atoms with E-state index < -0.39 is 0 Å². The number of nitrogens with zero attached hydrogens (tertiary/aromatic N) is 5. The Balaban J connectivity index is 1.04. The minimum atomic E-state index is -0.258. The number of hydrogen-bond acceptors (Lipinski definition) is 7. The van der Waals surface area contributed by atoms with Crippen LogP contribution >= 0.6 is 0 Å². The summed E-state index contributed by atoms with van der Waals surface area (Å²) in [6.45, 7) is 3.07. The molecule has 3 heterocycles. The quantitative estimate of drug-likeness (QED) is 0.211. The van der Waals surface area contributed by atoms with Crippen molar-refractivity contribution in [3.63, 3.8) is 0 Å². The van der Waals surface area contributed by atoms with Gasteiger partial charge in [0.05, 0.1) is 12.8 Å². The fourth-order valence-electron chi connectivity index (χ4n) is 5.12. The summed E-state index contributed by atoms with van der Waals surface area (Å²) in [5.41, 5.74) is 3.79. The molecule has 0 bridgehead atoms. The van der Waals surface area contributed by atoms with Gasteiger partial charge in [0, 0.05) is 67.7 Å². The predicted molar refractivity (Wildman–Crippen MR) is 162 cm³/mol. The lowest BCUT2D eigenvalue weighted by atomic mass is 9.96. The summed E-state index contributed by atoms with van der Waals surface area (Å²) in [7, 11) is 1.65. The fourth-order valence-corrected chi connectivity index (χ4v) is 5.12. The van der Waals surface area contributed by atoms with Crippen LogP contribution in [0.4, 0.5) is 15.9 Å². The molecule has 3 aromatic carbocycles. The van der Waals surface area contributed by atoms with Crippen molar-refractivity contribution in [1.29, 1.82) is 0 Å². The van der Waals surface area contributed by atoms with Gasteiger partial charge in [-0.15, -0.1) is 0 Å². The summed E-state index contributed by atoms with van der Waals surface area (Å²) in [4.78, 5) is 11.8. The molecule has 1 saturated heterocycles. The predicted octanol–water partition coefficient (Wildman–Crippen LogP) is 6.38. The Hall–Kier alpha value is -4.92. The standard InChI is InChI=1S/C33H33FN6O2/c1-41-30-19-28(20-31(21-30)42-23-25-6-8-27(34)9-7-25)36-22-24-11-16-39(17-12-24)32-10-14-35-33(38-32)26-4-2-5-29(18-26)40-15-3-13-37-40/h2-10,13-15,18-21,24,36H,11-12,16-17,22-23H2,1H3. The number of piperidine rings is 1. The molecule has 0 amide bonds. The number of halogens is 1. The molecule has 1 aliphatic heterocycles. The number of aromatic nitrogens is 4. The van der Waals surface area contributed by atoms with Gasteiger partial charge in [-0.3, -0.25) is 0 Å². The Bertz CT molecular complexity index is 1600. The molecule has 0 radical (unpaired) electrons. The zero-order valence-electron chi connectivity index (χ0n) is 23.5. The van der Waals surface area contributed by atoms with Crippen LogP contribution in [-0.2, 0) is 6.61 Å². The Morgan fingerprint density at radius 1 is 0.929 bits per heavy atom. The molecule has 0 atom stereocenters. The van der Waals surface area contributed by atoms with E-state index in [0.717, 1.165) is 66.5 Å². The van der Waals surface area contributed by atoms with E-state index in [-0.39, 0.29) is 5.82 Å². The third kappa shape index (κ3) is 6.68. The van der Waals surface area contributed by atoms with Crippen LogP contribution in [0.5, 0.6) is 11.5 Å². The molecule has 9 heteroatoms. The van der Waals surface area contributed by atoms with Crippen LogP contribution in [0, 0.1) is 11.7 Å². The van der Waals surface area contributed by atoms with E-state index in [0.29, 0.717) is 24.1 Å². The highest BCUT2D eigenvalue weighted by atomic mass is 19.1. The lowest BCUT2D eigenvalue weighted by molar-refractivity contribution is 0.303. The van der Waals surface area contributed by atoms with Crippen molar-refractivity contribution >= 4 is 11.5 Å². The van der Waals surface area contributed by atoms with Crippen molar-refractivity contribution in [3.8, 4) is 28.6 Å². The lowest BCUT2D eigenvalue weighted by Gasteiger charge is -2.33. The highest BCUT2D eigenvalue weighted by Crippen LogP contribution is 2.29. The molecule has 0 aliphatic carbocycles. The minimum absolute atomic E-state index is 0.258.